The second-order valence-electron chi connectivity index (χ2n) is 7.23. The van der Waals surface area contributed by atoms with Crippen LogP contribution < -0.4 is 0 Å². The average molecular weight is 335 g/mol. The van der Waals surface area contributed by atoms with Crippen molar-refractivity contribution in [3.63, 3.8) is 0 Å². The molecule has 0 unspecified atom stereocenters. The normalized spacial score (nSPS) is 20.5. The average Bonchev–Trinajstić information content (AvgIpc) is 3.07. The summed E-state index contributed by atoms with van der Waals surface area (Å²) in [6.45, 7) is 2.82. The van der Waals surface area contributed by atoms with Gasteiger partial charge >= 0.3 is 0 Å². The Balaban J connectivity index is 1.45. The molecule has 0 bridgehead atoms. The highest BCUT2D eigenvalue weighted by atomic mass is 16.2. The molecule has 1 amide bonds. The van der Waals surface area contributed by atoms with Gasteiger partial charge < -0.3 is 9.88 Å². The zero-order valence-electron chi connectivity index (χ0n) is 14.2. The van der Waals surface area contributed by atoms with Gasteiger partial charge in [-0.3, -0.25) is 9.89 Å². The molecule has 3 aromatic rings. The van der Waals surface area contributed by atoms with Crippen molar-refractivity contribution in [3.8, 4) is 0 Å². The molecule has 3 heterocycles. The fraction of sp³-hybridized carbons (Fsp3) is 0.421. The topological polar surface area (TPSA) is 77.7 Å². The Morgan fingerprint density at radius 2 is 2.16 bits per heavy atom. The molecule has 2 fully saturated rings. The Morgan fingerprint density at radius 1 is 1.28 bits per heavy atom. The number of aromatic amines is 2. The fourth-order valence-electron chi connectivity index (χ4n) is 3.84. The first kappa shape index (κ1) is 14.7. The minimum absolute atomic E-state index is 0.000347. The third-order valence-electron chi connectivity index (χ3n) is 5.40. The van der Waals surface area contributed by atoms with Crippen LogP contribution in [0.3, 0.4) is 0 Å². The Morgan fingerprint density at radius 3 is 2.96 bits per heavy atom. The fourth-order valence-corrected chi connectivity index (χ4v) is 3.84. The molecule has 1 aliphatic heterocycles. The van der Waals surface area contributed by atoms with Crippen molar-refractivity contribution < 1.29 is 4.79 Å². The van der Waals surface area contributed by atoms with Gasteiger partial charge in [-0.05, 0) is 50.3 Å². The number of hydrogen-bond acceptors (Lipinski definition) is 3. The third-order valence-corrected chi connectivity index (χ3v) is 5.40. The van der Waals surface area contributed by atoms with E-state index in [0.29, 0.717) is 11.6 Å². The third kappa shape index (κ3) is 2.44. The summed E-state index contributed by atoms with van der Waals surface area (Å²) in [5, 5.41) is 7.29. The van der Waals surface area contributed by atoms with Gasteiger partial charge in [-0.1, -0.05) is 12.1 Å². The molecule has 1 atom stereocenters. The number of carbonyl (C=O) groups excluding carboxylic acids is 1. The van der Waals surface area contributed by atoms with Crippen molar-refractivity contribution >= 4 is 16.9 Å². The van der Waals surface area contributed by atoms with Crippen molar-refractivity contribution in [2.24, 2.45) is 0 Å². The molecule has 2 aromatic heterocycles. The lowest BCUT2D eigenvalue weighted by atomic mass is 10.2. The number of aromatic nitrogens is 4. The molecular weight excluding hydrogens is 314 g/mol. The molecule has 0 radical (unpaired) electrons. The van der Waals surface area contributed by atoms with Crippen molar-refractivity contribution in [2.45, 2.75) is 44.6 Å². The van der Waals surface area contributed by atoms with Crippen molar-refractivity contribution in [2.75, 3.05) is 6.54 Å². The minimum atomic E-state index is 0.000347. The van der Waals surface area contributed by atoms with E-state index in [1.54, 1.807) is 0 Å². The lowest BCUT2D eigenvalue weighted by Gasteiger charge is -2.22. The second kappa shape index (κ2) is 5.44. The van der Waals surface area contributed by atoms with Crippen LogP contribution in [0.5, 0.6) is 0 Å². The van der Waals surface area contributed by atoms with Gasteiger partial charge in [0.1, 0.15) is 11.5 Å². The van der Waals surface area contributed by atoms with Gasteiger partial charge in [-0.25, -0.2) is 4.98 Å². The minimum Gasteiger partial charge on any atom is -0.340 e. The number of H-pyrrole nitrogens is 2. The maximum absolute atomic E-state index is 13.0. The number of rotatable bonds is 3. The summed E-state index contributed by atoms with van der Waals surface area (Å²) in [7, 11) is 0. The van der Waals surface area contributed by atoms with Crippen LogP contribution in [-0.2, 0) is 0 Å². The molecule has 6 nitrogen and oxygen atoms in total. The van der Waals surface area contributed by atoms with E-state index in [2.05, 4.69) is 28.2 Å². The quantitative estimate of drug-likeness (QED) is 0.769. The first-order valence-corrected chi connectivity index (χ1v) is 9.02. The number of para-hydroxylation sites is 1. The van der Waals surface area contributed by atoms with E-state index in [9.17, 15) is 4.79 Å². The highest BCUT2D eigenvalue weighted by Gasteiger charge is 2.34. The van der Waals surface area contributed by atoms with Gasteiger partial charge in [-0.2, -0.15) is 5.10 Å². The van der Waals surface area contributed by atoms with Gasteiger partial charge in [0.2, 0.25) is 0 Å². The van der Waals surface area contributed by atoms with Crippen molar-refractivity contribution in [1.82, 2.24) is 25.1 Å². The molecule has 5 rings (SSSR count). The molecule has 2 aliphatic rings. The molecule has 1 aromatic carbocycles. The number of likely N-dealkylation sites (tertiary alicyclic amines) is 1. The monoisotopic (exact) mass is 335 g/mol. The maximum atomic E-state index is 13.0. The van der Waals surface area contributed by atoms with Crippen LogP contribution in [-0.4, -0.2) is 37.5 Å². The van der Waals surface area contributed by atoms with Gasteiger partial charge in [0, 0.05) is 18.2 Å². The zero-order chi connectivity index (χ0) is 17.0. The largest absolute Gasteiger partial charge is 0.340 e. The van der Waals surface area contributed by atoms with Crippen molar-refractivity contribution in [3.05, 3.63) is 47.0 Å². The molecule has 0 spiro atoms. The van der Waals surface area contributed by atoms with E-state index in [4.69, 9.17) is 4.98 Å². The lowest BCUT2D eigenvalue weighted by molar-refractivity contribution is 0.0724. The van der Waals surface area contributed by atoms with Crippen LogP contribution in [0, 0.1) is 6.92 Å². The highest BCUT2D eigenvalue weighted by molar-refractivity contribution is 5.93. The number of amides is 1. The predicted molar refractivity (Wildman–Crippen MR) is 94.4 cm³/mol. The Kier molecular flexibility index (Phi) is 3.20. The smallest absolute Gasteiger partial charge is 0.274 e. The number of benzene rings is 1. The first-order valence-electron chi connectivity index (χ1n) is 9.02. The van der Waals surface area contributed by atoms with Crippen LogP contribution in [0.4, 0.5) is 0 Å². The Bertz CT molecular complexity index is 952. The zero-order valence-corrected chi connectivity index (χ0v) is 14.2. The molecular formula is C19H21N5O. The first-order chi connectivity index (χ1) is 12.2. The van der Waals surface area contributed by atoms with Gasteiger partial charge in [0.05, 0.1) is 17.1 Å². The number of nitrogens with one attached hydrogen (secondary N) is 2. The summed E-state index contributed by atoms with van der Waals surface area (Å²) in [5.41, 5.74) is 4.80. The molecule has 2 N–H and O–H groups in total. The Hall–Kier alpha value is -2.63. The molecule has 25 heavy (non-hydrogen) atoms. The molecule has 128 valence electrons. The van der Waals surface area contributed by atoms with E-state index in [1.165, 1.54) is 12.8 Å². The van der Waals surface area contributed by atoms with E-state index >= 15 is 0 Å². The predicted octanol–water partition coefficient (Wildman–Crippen LogP) is 3.45. The standard InChI is InChI=1S/C19H21N5O/c1-11-4-2-5-13-17(11)21-18(20-13)16-6-3-9-24(16)19(25)15-10-14(22-23-15)12-7-8-12/h2,4-5,10,12,16H,3,6-9H2,1H3,(H,20,21)(H,22,23)/t16-/m0/s1. The lowest BCUT2D eigenvalue weighted by Crippen LogP contribution is -2.31. The summed E-state index contributed by atoms with van der Waals surface area (Å²) >= 11 is 0. The highest BCUT2D eigenvalue weighted by Crippen LogP contribution is 2.39. The molecule has 6 heteroatoms. The van der Waals surface area contributed by atoms with E-state index in [0.717, 1.165) is 47.5 Å². The van der Waals surface area contributed by atoms with E-state index < -0.39 is 0 Å². The number of hydrogen-bond donors (Lipinski definition) is 2. The maximum Gasteiger partial charge on any atom is 0.274 e. The SMILES string of the molecule is Cc1cccc2[nH]c([C@@H]3CCCN3C(=O)c3cc(C4CC4)[nH]n3)nc12. The number of imidazole rings is 1. The van der Waals surface area contributed by atoms with Gasteiger partial charge in [0.15, 0.2) is 0 Å². The Labute approximate surface area is 145 Å². The van der Waals surface area contributed by atoms with Crippen molar-refractivity contribution in [1.29, 1.82) is 0 Å². The van der Waals surface area contributed by atoms with E-state index in [1.807, 2.05) is 23.1 Å². The number of fused-ring (bicyclic) bond motifs is 1. The van der Waals surface area contributed by atoms with E-state index in [-0.39, 0.29) is 11.9 Å². The number of aryl methyl sites for hydroxylation is 1. The van der Waals surface area contributed by atoms with Crippen LogP contribution in [0.15, 0.2) is 24.3 Å². The summed E-state index contributed by atoms with van der Waals surface area (Å²) in [5.74, 6) is 1.46. The number of carbonyl (C=O) groups is 1. The summed E-state index contributed by atoms with van der Waals surface area (Å²) in [6.07, 6.45) is 4.32. The van der Waals surface area contributed by atoms with Gasteiger partial charge in [0.25, 0.3) is 5.91 Å². The van der Waals surface area contributed by atoms with Crippen LogP contribution >= 0.6 is 0 Å². The van der Waals surface area contributed by atoms with Gasteiger partial charge in [-0.15, -0.1) is 0 Å². The summed E-state index contributed by atoms with van der Waals surface area (Å²) in [6, 6.07) is 8.06. The van der Waals surface area contributed by atoms with Crippen LogP contribution in [0.1, 0.15) is 65.2 Å². The molecule has 1 aliphatic carbocycles. The van der Waals surface area contributed by atoms with Crippen LogP contribution in [0.2, 0.25) is 0 Å². The molecule has 1 saturated heterocycles. The van der Waals surface area contributed by atoms with Crippen LogP contribution in [0.25, 0.3) is 11.0 Å². The summed E-state index contributed by atoms with van der Waals surface area (Å²) in [4.78, 5) is 23.1. The summed E-state index contributed by atoms with van der Waals surface area (Å²) < 4.78 is 0. The molecule has 1 saturated carbocycles. The second-order valence-corrected chi connectivity index (χ2v) is 7.23. The number of nitrogens with zero attached hydrogens (tertiary/aromatic N) is 3.